The van der Waals surface area contributed by atoms with Crippen molar-refractivity contribution in [1.82, 2.24) is 0 Å². The Hall–Kier alpha value is -3.47. The minimum Gasteiger partial charge on any atom is -0.497 e. The molecule has 1 amide bonds. The molecule has 0 fully saturated rings. The number of rotatable bonds is 8. The number of hydrogen-bond acceptors (Lipinski definition) is 4. The molecule has 0 spiro atoms. The van der Waals surface area contributed by atoms with Crippen LogP contribution in [-0.4, -0.2) is 19.6 Å². The molecule has 3 aromatic carbocycles. The van der Waals surface area contributed by atoms with Crippen LogP contribution in [0.1, 0.15) is 18.6 Å². The van der Waals surface area contributed by atoms with Crippen LogP contribution >= 0.6 is 0 Å². The van der Waals surface area contributed by atoms with Crippen LogP contribution in [0.4, 0.5) is 5.69 Å². The van der Waals surface area contributed by atoms with Crippen LogP contribution in [0.3, 0.4) is 0 Å². The molecular weight excluding hydrogens is 354 g/mol. The summed E-state index contributed by atoms with van der Waals surface area (Å²) >= 11 is 0. The fourth-order valence-corrected chi connectivity index (χ4v) is 2.70. The highest BCUT2D eigenvalue weighted by atomic mass is 16.5. The first-order valence-corrected chi connectivity index (χ1v) is 9.09. The molecule has 0 aromatic heterocycles. The van der Waals surface area contributed by atoms with E-state index in [0.717, 1.165) is 17.1 Å². The molecule has 0 aliphatic heterocycles. The van der Waals surface area contributed by atoms with Crippen molar-refractivity contribution < 1.29 is 19.0 Å². The van der Waals surface area contributed by atoms with Gasteiger partial charge in [-0.2, -0.15) is 0 Å². The van der Waals surface area contributed by atoms with Crippen molar-refractivity contribution in [1.29, 1.82) is 0 Å². The summed E-state index contributed by atoms with van der Waals surface area (Å²) in [5.41, 5.74) is 1.44. The summed E-state index contributed by atoms with van der Waals surface area (Å²) in [6.45, 7) is 2.52. The summed E-state index contributed by atoms with van der Waals surface area (Å²) in [4.78, 5) is 13.0. The molecule has 144 valence electrons. The molecule has 5 nitrogen and oxygen atoms in total. The fourth-order valence-electron chi connectivity index (χ4n) is 2.70. The van der Waals surface area contributed by atoms with Gasteiger partial charge in [-0.15, -0.1) is 0 Å². The van der Waals surface area contributed by atoms with Gasteiger partial charge in [0.15, 0.2) is 0 Å². The van der Waals surface area contributed by atoms with E-state index in [1.807, 2.05) is 49.4 Å². The number of carbonyl (C=O) groups is 1. The molecule has 0 aliphatic rings. The van der Waals surface area contributed by atoms with Gasteiger partial charge in [-0.3, -0.25) is 4.79 Å². The van der Waals surface area contributed by atoms with Crippen molar-refractivity contribution in [2.75, 3.05) is 19.0 Å². The average Bonchev–Trinajstić information content (AvgIpc) is 2.74. The maximum atomic E-state index is 13.0. The second kappa shape index (κ2) is 9.46. The third-order valence-electron chi connectivity index (χ3n) is 4.09. The molecule has 28 heavy (non-hydrogen) atoms. The van der Waals surface area contributed by atoms with E-state index in [4.69, 9.17) is 14.2 Å². The average molecular weight is 377 g/mol. The summed E-state index contributed by atoms with van der Waals surface area (Å²) < 4.78 is 16.6. The highest BCUT2D eigenvalue weighted by Gasteiger charge is 2.23. The molecule has 0 heterocycles. The Labute approximate surface area is 164 Å². The first-order chi connectivity index (χ1) is 13.7. The van der Waals surface area contributed by atoms with Gasteiger partial charge in [0.1, 0.15) is 17.2 Å². The van der Waals surface area contributed by atoms with E-state index >= 15 is 0 Å². The zero-order valence-electron chi connectivity index (χ0n) is 15.9. The summed E-state index contributed by atoms with van der Waals surface area (Å²) in [6.07, 6.45) is -0.791. The number of ether oxygens (including phenoxy) is 3. The highest BCUT2D eigenvalue weighted by molar-refractivity contribution is 5.95. The van der Waals surface area contributed by atoms with Crippen molar-refractivity contribution in [2.45, 2.75) is 13.0 Å². The van der Waals surface area contributed by atoms with Crippen LogP contribution in [-0.2, 0) is 4.79 Å². The molecule has 3 rings (SSSR count). The molecule has 0 aliphatic carbocycles. The van der Waals surface area contributed by atoms with Gasteiger partial charge in [0.05, 0.1) is 13.7 Å². The second-order valence-corrected chi connectivity index (χ2v) is 6.03. The number of nitrogens with one attached hydrogen (secondary N) is 1. The summed E-state index contributed by atoms with van der Waals surface area (Å²) in [6, 6.07) is 23.8. The first-order valence-electron chi connectivity index (χ1n) is 9.09. The topological polar surface area (TPSA) is 56.8 Å². The molecule has 0 saturated carbocycles. The van der Waals surface area contributed by atoms with Gasteiger partial charge in [0.25, 0.3) is 5.91 Å². The van der Waals surface area contributed by atoms with Crippen LogP contribution < -0.4 is 19.5 Å². The van der Waals surface area contributed by atoms with E-state index in [1.165, 1.54) is 0 Å². The Morgan fingerprint density at radius 3 is 2.07 bits per heavy atom. The van der Waals surface area contributed by atoms with E-state index in [9.17, 15) is 4.79 Å². The zero-order valence-corrected chi connectivity index (χ0v) is 15.9. The van der Waals surface area contributed by atoms with Gasteiger partial charge >= 0.3 is 0 Å². The minimum absolute atomic E-state index is 0.258. The van der Waals surface area contributed by atoms with E-state index in [2.05, 4.69) is 5.32 Å². The molecule has 5 heteroatoms. The molecule has 1 atom stereocenters. The Kier molecular flexibility index (Phi) is 6.52. The molecule has 1 N–H and O–H groups in total. The number of benzene rings is 3. The van der Waals surface area contributed by atoms with Gasteiger partial charge in [0.2, 0.25) is 6.10 Å². The van der Waals surface area contributed by atoms with E-state index in [-0.39, 0.29) is 5.91 Å². The maximum absolute atomic E-state index is 13.0. The predicted molar refractivity (Wildman–Crippen MR) is 109 cm³/mol. The zero-order chi connectivity index (χ0) is 19.8. The van der Waals surface area contributed by atoms with Crippen molar-refractivity contribution in [3.8, 4) is 17.2 Å². The second-order valence-electron chi connectivity index (χ2n) is 6.03. The van der Waals surface area contributed by atoms with Gasteiger partial charge in [0, 0.05) is 11.3 Å². The van der Waals surface area contributed by atoms with Crippen LogP contribution in [0.15, 0.2) is 78.9 Å². The van der Waals surface area contributed by atoms with Crippen molar-refractivity contribution in [2.24, 2.45) is 0 Å². The summed E-state index contributed by atoms with van der Waals surface area (Å²) in [7, 11) is 1.60. The standard InChI is InChI=1S/C23H23NO4/c1-3-27-20-11-9-18(10-12-20)24-23(25)22(17-7-5-4-6-8-17)28-21-15-13-19(26-2)14-16-21/h4-16,22H,3H2,1-2H3,(H,24,25)/t22-/m0/s1. The van der Waals surface area contributed by atoms with Crippen LogP contribution in [0.5, 0.6) is 17.2 Å². The SMILES string of the molecule is CCOc1ccc(NC(=O)[C@@H](Oc2ccc(OC)cc2)c2ccccc2)cc1. The van der Waals surface area contributed by atoms with Crippen molar-refractivity contribution in [3.63, 3.8) is 0 Å². The number of methoxy groups -OCH3 is 1. The van der Waals surface area contributed by atoms with Crippen LogP contribution in [0, 0.1) is 0 Å². The van der Waals surface area contributed by atoms with E-state index in [0.29, 0.717) is 18.0 Å². The number of anilines is 1. The Balaban J connectivity index is 1.78. The third kappa shape index (κ3) is 5.04. The normalized spacial score (nSPS) is 11.4. The molecule has 0 unspecified atom stereocenters. The summed E-state index contributed by atoms with van der Waals surface area (Å²) in [5.74, 6) is 1.81. The van der Waals surface area contributed by atoms with E-state index < -0.39 is 6.10 Å². The lowest BCUT2D eigenvalue weighted by molar-refractivity contribution is -0.123. The Morgan fingerprint density at radius 1 is 0.857 bits per heavy atom. The molecule has 0 radical (unpaired) electrons. The van der Waals surface area contributed by atoms with Gasteiger partial charge in [-0.1, -0.05) is 30.3 Å². The number of hydrogen-bond donors (Lipinski definition) is 1. The van der Waals surface area contributed by atoms with Crippen molar-refractivity contribution in [3.05, 3.63) is 84.4 Å². The minimum atomic E-state index is -0.791. The number of carbonyl (C=O) groups excluding carboxylic acids is 1. The van der Waals surface area contributed by atoms with E-state index in [1.54, 1.807) is 43.5 Å². The van der Waals surface area contributed by atoms with Crippen LogP contribution in [0.2, 0.25) is 0 Å². The first kappa shape index (κ1) is 19.3. The largest absolute Gasteiger partial charge is 0.497 e. The maximum Gasteiger partial charge on any atom is 0.270 e. The molecule has 3 aromatic rings. The lowest BCUT2D eigenvalue weighted by atomic mass is 10.1. The molecule has 0 saturated heterocycles. The smallest absolute Gasteiger partial charge is 0.270 e. The lowest BCUT2D eigenvalue weighted by Crippen LogP contribution is -2.25. The number of amides is 1. The molecular formula is C23H23NO4. The quantitative estimate of drug-likeness (QED) is 0.609. The van der Waals surface area contributed by atoms with Crippen LogP contribution in [0.25, 0.3) is 0 Å². The van der Waals surface area contributed by atoms with Gasteiger partial charge < -0.3 is 19.5 Å². The fraction of sp³-hybridized carbons (Fsp3) is 0.174. The third-order valence-corrected chi connectivity index (χ3v) is 4.09. The molecule has 0 bridgehead atoms. The summed E-state index contributed by atoms with van der Waals surface area (Å²) in [5, 5.41) is 2.91. The highest BCUT2D eigenvalue weighted by Crippen LogP contribution is 2.26. The predicted octanol–water partition coefficient (Wildman–Crippen LogP) is 4.85. The monoisotopic (exact) mass is 377 g/mol. The lowest BCUT2D eigenvalue weighted by Gasteiger charge is -2.19. The van der Waals surface area contributed by atoms with Gasteiger partial charge in [-0.25, -0.2) is 0 Å². The van der Waals surface area contributed by atoms with Gasteiger partial charge in [-0.05, 0) is 55.5 Å². The Morgan fingerprint density at radius 2 is 1.46 bits per heavy atom. The van der Waals surface area contributed by atoms with Crippen molar-refractivity contribution >= 4 is 11.6 Å². The Bertz CT molecular complexity index is 877.